The average Bonchev–Trinajstić information content (AvgIpc) is 2.62. The minimum atomic E-state index is 0.675. The van der Waals surface area contributed by atoms with E-state index in [1.54, 1.807) is 0 Å². The van der Waals surface area contributed by atoms with E-state index >= 15 is 0 Å². The molecule has 0 aliphatic carbocycles. The lowest BCUT2D eigenvalue weighted by molar-refractivity contribution is 0.185. The molecule has 1 aliphatic heterocycles. The van der Waals surface area contributed by atoms with E-state index in [4.69, 9.17) is 4.74 Å². The molecule has 0 amide bonds. The Balaban J connectivity index is 1.97. The van der Waals surface area contributed by atoms with Crippen LogP contribution in [0.25, 0.3) is 0 Å². The first-order valence-electron chi connectivity index (χ1n) is 4.53. The smallest absolute Gasteiger partial charge is 0.0498 e. The predicted molar refractivity (Wildman–Crippen MR) is 54.6 cm³/mol. The van der Waals surface area contributed by atoms with Gasteiger partial charge < -0.3 is 4.74 Å². The Morgan fingerprint density at radius 1 is 1.54 bits per heavy atom. The van der Waals surface area contributed by atoms with Gasteiger partial charge in [0.15, 0.2) is 0 Å². The summed E-state index contributed by atoms with van der Waals surface area (Å²) in [5.74, 6) is 0.675. The molecular weight excluding hydrogens is 230 g/mol. The van der Waals surface area contributed by atoms with Crippen molar-refractivity contribution in [2.45, 2.75) is 12.8 Å². The highest BCUT2D eigenvalue weighted by atomic mass is 79.9. The summed E-state index contributed by atoms with van der Waals surface area (Å²) in [5.41, 5.74) is 1.17. The highest BCUT2D eigenvalue weighted by molar-refractivity contribution is 9.10. The summed E-state index contributed by atoms with van der Waals surface area (Å²) in [6.45, 7) is 1.82. The Bertz CT molecular complexity index is 267. The molecule has 0 unspecified atom stereocenters. The Morgan fingerprint density at radius 3 is 3.08 bits per heavy atom. The van der Waals surface area contributed by atoms with E-state index in [2.05, 4.69) is 27.0 Å². The molecule has 13 heavy (non-hydrogen) atoms. The Morgan fingerprint density at radius 2 is 2.46 bits per heavy atom. The summed E-state index contributed by atoms with van der Waals surface area (Å²) >= 11 is 3.37. The van der Waals surface area contributed by atoms with Crippen molar-refractivity contribution in [3.05, 3.63) is 28.5 Å². The molecule has 2 nitrogen and oxygen atoms in total. The lowest BCUT2D eigenvalue weighted by atomic mass is 10.0. The van der Waals surface area contributed by atoms with Crippen molar-refractivity contribution in [1.82, 2.24) is 4.98 Å². The van der Waals surface area contributed by atoms with Gasteiger partial charge in [0.2, 0.25) is 0 Å². The summed E-state index contributed by atoms with van der Waals surface area (Å²) in [7, 11) is 0. The molecule has 70 valence electrons. The molecule has 1 fully saturated rings. The van der Waals surface area contributed by atoms with E-state index in [0.29, 0.717) is 5.92 Å². The van der Waals surface area contributed by atoms with Crippen molar-refractivity contribution in [3.8, 4) is 0 Å². The maximum atomic E-state index is 5.32. The van der Waals surface area contributed by atoms with Gasteiger partial charge in [0, 0.05) is 29.6 Å². The number of pyridine rings is 1. The molecule has 0 bridgehead atoms. The van der Waals surface area contributed by atoms with Gasteiger partial charge in [-0.3, -0.25) is 4.98 Å². The van der Waals surface area contributed by atoms with E-state index in [1.165, 1.54) is 12.1 Å². The second-order valence-corrected chi connectivity index (χ2v) is 4.32. The fourth-order valence-corrected chi connectivity index (χ4v) is 1.80. The minimum absolute atomic E-state index is 0.675. The molecule has 1 saturated heterocycles. The van der Waals surface area contributed by atoms with Crippen molar-refractivity contribution >= 4 is 15.9 Å². The lowest BCUT2D eigenvalue weighted by Crippen LogP contribution is -2.04. The second kappa shape index (κ2) is 4.20. The van der Waals surface area contributed by atoms with Gasteiger partial charge in [-0.2, -0.15) is 0 Å². The lowest BCUT2D eigenvalue weighted by Gasteiger charge is -2.05. The summed E-state index contributed by atoms with van der Waals surface area (Å²) in [6, 6.07) is 4.11. The van der Waals surface area contributed by atoms with Gasteiger partial charge in [-0.1, -0.05) is 0 Å². The van der Waals surface area contributed by atoms with E-state index in [9.17, 15) is 0 Å². The maximum absolute atomic E-state index is 5.32. The van der Waals surface area contributed by atoms with Crippen molar-refractivity contribution < 1.29 is 4.74 Å². The zero-order chi connectivity index (χ0) is 9.10. The molecule has 0 radical (unpaired) electrons. The molecule has 1 atom stereocenters. The summed E-state index contributed by atoms with van der Waals surface area (Å²) in [5, 5.41) is 0. The Kier molecular flexibility index (Phi) is 2.96. The van der Waals surface area contributed by atoms with Crippen LogP contribution in [-0.2, 0) is 11.2 Å². The van der Waals surface area contributed by atoms with Crippen molar-refractivity contribution in [2.75, 3.05) is 13.2 Å². The quantitative estimate of drug-likeness (QED) is 0.794. The highest BCUT2D eigenvalue weighted by Crippen LogP contribution is 2.17. The number of aromatic nitrogens is 1. The van der Waals surface area contributed by atoms with Gasteiger partial charge >= 0.3 is 0 Å². The van der Waals surface area contributed by atoms with Crippen LogP contribution in [0.3, 0.4) is 0 Å². The van der Waals surface area contributed by atoms with Gasteiger partial charge in [-0.25, -0.2) is 0 Å². The van der Waals surface area contributed by atoms with Gasteiger partial charge in [-0.15, -0.1) is 0 Å². The molecule has 0 aromatic carbocycles. The Hall–Kier alpha value is -0.410. The largest absolute Gasteiger partial charge is 0.381 e. The van der Waals surface area contributed by atoms with Crippen LogP contribution >= 0.6 is 15.9 Å². The topological polar surface area (TPSA) is 22.1 Å². The molecule has 2 rings (SSSR count). The van der Waals surface area contributed by atoms with Crippen LogP contribution in [0.15, 0.2) is 22.8 Å². The molecule has 0 spiro atoms. The van der Waals surface area contributed by atoms with Crippen LogP contribution in [0.4, 0.5) is 0 Å². The number of hydrogen-bond acceptors (Lipinski definition) is 2. The third-order valence-corrected chi connectivity index (χ3v) is 2.78. The fourth-order valence-electron chi connectivity index (χ4n) is 1.57. The molecule has 3 heteroatoms. The zero-order valence-corrected chi connectivity index (χ0v) is 8.96. The number of hydrogen-bond donors (Lipinski definition) is 0. The van der Waals surface area contributed by atoms with E-state index < -0.39 is 0 Å². The first kappa shape index (κ1) is 9.16. The normalized spacial score (nSPS) is 22.1. The standard InChI is InChI=1S/C10H12BrNO/c11-9-1-2-10(12-6-9)5-8-3-4-13-7-8/h1-2,6,8H,3-5,7H2/t8-/m0/s1. The van der Waals surface area contributed by atoms with Crippen LogP contribution in [0, 0.1) is 5.92 Å². The number of ether oxygens (including phenoxy) is 1. The molecular formula is C10H12BrNO. The van der Waals surface area contributed by atoms with Gasteiger partial charge in [-0.05, 0) is 46.8 Å². The van der Waals surface area contributed by atoms with Gasteiger partial charge in [0.1, 0.15) is 0 Å². The van der Waals surface area contributed by atoms with E-state index in [0.717, 1.165) is 24.1 Å². The summed E-state index contributed by atoms with van der Waals surface area (Å²) < 4.78 is 6.36. The number of halogens is 1. The first-order chi connectivity index (χ1) is 6.34. The van der Waals surface area contributed by atoms with Crippen molar-refractivity contribution in [2.24, 2.45) is 5.92 Å². The monoisotopic (exact) mass is 241 g/mol. The zero-order valence-electron chi connectivity index (χ0n) is 7.37. The van der Waals surface area contributed by atoms with Gasteiger partial charge in [0.05, 0.1) is 0 Å². The summed E-state index contributed by atoms with van der Waals surface area (Å²) in [6.07, 6.45) is 4.08. The maximum Gasteiger partial charge on any atom is 0.0498 e. The highest BCUT2D eigenvalue weighted by Gasteiger charge is 2.16. The third kappa shape index (κ3) is 2.51. The SMILES string of the molecule is Brc1ccc(C[C@@H]2CCOC2)nc1. The molecule has 1 aromatic heterocycles. The van der Waals surface area contributed by atoms with Crippen LogP contribution < -0.4 is 0 Å². The number of rotatable bonds is 2. The van der Waals surface area contributed by atoms with Crippen molar-refractivity contribution in [3.63, 3.8) is 0 Å². The molecule has 0 saturated carbocycles. The van der Waals surface area contributed by atoms with Crippen LogP contribution in [0.5, 0.6) is 0 Å². The average molecular weight is 242 g/mol. The van der Waals surface area contributed by atoms with E-state index in [-0.39, 0.29) is 0 Å². The molecule has 1 aliphatic rings. The molecule has 2 heterocycles. The summed E-state index contributed by atoms with van der Waals surface area (Å²) in [4.78, 5) is 4.34. The molecule has 1 aromatic rings. The van der Waals surface area contributed by atoms with E-state index in [1.807, 2.05) is 12.3 Å². The Labute approximate surface area is 86.5 Å². The van der Waals surface area contributed by atoms with Crippen LogP contribution in [0.1, 0.15) is 12.1 Å². The predicted octanol–water partition coefficient (Wildman–Crippen LogP) is 2.42. The fraction of sp³-hybridized carbons (Fsp3) is 0.500. The van der Waals surface area contributed by atoms with Crippen molar-refractivity contribution in [1.29, 1.82) is 0 Å². The first-order valence-corrected chi connectivity index (χ1v) is 5.32. The molecule has 0 N–H and O–H groups in total. The minimum Gasteiger partial charge on any atom is -0.381 e. The van der Waals surface area contributed by atoms with Crippen LogP contribution in [-0.4, -0.2) is 18.2 Å². The third-order valence-electron chi connectivity index (χ3n) is 2.31. The number of nitrogens with zero attached hydrogens (tertiary/aromatic N) is 1. The second-order valence-electron chi connectivity index (χ2n) is 3.40. The van der Waals surface area contributed by atoms with Crippen LogP contribution in [0.2, 0.25) is 0 Å². The van der Waals surface area contributed by atoms with Gasteiger partial charge in [0.25, 0.3) is 0 Å².